The zero-order chi connectivity index (χ0) is 23.6. The molecule has 0 saturated heterocycles. The fourth-order valence-corrected chi connectivity index (χ4v) is 5.31. The van der Waals surface area contributed by atoms with Gasteiger partial charge in [-0.3, -0.25) is 23.8 Å². The van der Waals surface area contributed by atoms with Gasteiger partial charge in [-0.05, 0) is 43.5 Å². The molecule has 0 unspecified atom stereocenters. The Morgan fingerprint density at radius 2 is 1.82 bits per heavy atom. The van der Waals surface area contributed by atoms with E-state index in [1.165, 1.54) is 0 Å². The van der Waals surface area contributed by atoms with Gasteiger partial charge in [-0.15, -0.1) is 0 Å². The van der Waals surface area contributed by atoms with Crippen molar-refractivity contribution >= 4 is 21.9 Å². The Labute approximate surface area is 196 Å². The average Bonchev–Trinajstić information content (AvgIpc) is 3.50. The number of pyridine rings is 2. The molecule has 172 valence electrons. The highest BCUT2D eigenvalue weighted by atomic mass is 16.3. The fraction of sp³-hybridized carbons (Fsp3) is 0.308. The Kier molecular flexibility index (Phi) is 4.50. The standard InChI is InChI=1S/C26H26N6O2/c1-16-23(15-30(2)29-16)32-24-20-11-17(6-7-21(20)28-14-22(24)31(3)25(32)33)18-10-19(13-27-12-18)26(34)8-4-5-9-26/h6-7,10-15,34H,4-5,8-9H2,1-3H3. The maximum atomic E-state index is 13.3. The zero-order valence-electron chi connectivity index (χ0n) is 19.5. The Balaban J connectivity index is 1.60. The van der Waals surface area contributed by atoms with Crippen LogP contribution in [0.3, 0.4) is 0 Å². The molecular formula is C26H26N6O2. The predicted octanol–water partition coefficient (Wildman–Crippen LogP) is 3.74. The molecule has 8 nitrogen and oxygen atoms in total. The maximum Gasteiger partial charge on any atom is 0.333 e. The van der Waals surface area contributed by atoms with Gasteiger partial charge < -0.3 is 5.11 Å². The first-order valence-corrected chi connectivity index (χ1v) is 11.5. The molecule has 0 spiro atoms. The number of nitrogens with zero attached hydrogens (tertiary/aromatic N) is 6. The third-order valence-corrected chi connectivity index (χ3v) is 7.15. The number of aryl methyl sites for hydroxylation is 3. The van der Waals surface area contributed by atoms with Crippen LogP contribution in [0.15, 0.2) is 53.8 Å². The topological polar surface area (TPSA) is 90.8 Å². The van der Waals surface area contributed by atoms with Crippen LogP contribution in [0.4, 0.5) is 0 Å². The van der Waals surface area contributed by atoms with Gasteiger partial charge in [0.1, 0.15) is 0 Å². The van der Waals surface area contributed by atoms with Gasteiger partial charge in [0.15, 0.2) is 0 Å². The first kappa shape index (κ1) is 20.8. The minimum absolute atomic E-state index is 0.141. The van der Waals surface area contributed by atoms with Gasteiger partial charge in [0.25, 0.3) is 0 Å². The van der Waals surface area contributed by atoms with Crippen molar-refractivity contribution in [2.24, 2.45) is 14.1 Å². The number of hydrogen-bond donors (Lipinski definition) is 1. The molecule has 1 fully saturated rings. The summed E-state index contributed by atoms with van der Waals surface area (Å²) in [5.74, 6) is 0. The lowest BCUT2D eigenvalue weighted by Gasteiger charge is -2.22. The highest BCUT2D eigenvalue weighted by Crippen LogP contribution is 2.39. The van der Waals surface area contributed by atoms with Crippen LogP contribution in [0.2, 0.25) is 0 Å². The van der Waals surface area contributed by atoms with Gasteiger partial charge in [-0.1, -0.05) is 18.9 Å². The maximum absolute atomic E-state index is 13.3. The quantitative estimate of drug-likeness (QED) is 0.448. The normalized spacial score (nSPS) is 15.5. The molecule has 0 radical (unpaired) electrons. The smallest absolute Gasteiger partial charge is 0.333 e. The summed E-state index contributed by atoms with van der Waals surface area (Å²) < 4.78 is 5.07. The minimum Gasteiger partial charge on any atom is -0.385 e. The van der Waals surface area contributed by atoms with Crippen molar-refractivity contribution in [3.8, 4) is 16.8 Å². The molecule has 8 heteroatoms. The molecule has 6 rings (SSSR count). The number of aromatic nitrogens is 6. The van der Waals surface area contributed by atoms with E-state index in [2.05, 4.69) is 21.1 Å². The van der Waals surface area contributed by atoms with E-state index in [9.17, 15) is 9.90 Å². The molecule has 1 aliphatic rings. The Hall–Kier alpha value is -3.78. The second kappa shape index (κ2) is 7.36. The van der Waals surface area contributed by atoms with E-state index in [0.29, 0.717) is 0 Å². The van der Waals surface area contributed by atoms with Gasteiger partial charge >= 0.3 is 5.69 Å². The number of benzene rings is 1. The van der Waals surface area contributed by atoms with Gasteiger partial charge in [0.05, 0.1) is 39.7 Å². The highest BCUT2D eigenvalue weighted by molar-refractivity contribution is 6.04. The fourth-order valence-electron chi connectivity index (χ4n) is 5.31. The molecule has 4 heterocycles. The molecule has 1 aromatic carbocycles. The lowest BCUT2D eigenvalue weighted by molar-refractivity contribution is 0.0442. The summed E-state index contributed by atoms with van der Waals surface area (Å²) in [5, 5.41) is 16.4. The van der Waals surface area contributed by atoms with Crippen LogP contribution in [0.1, 0.15) is 36.9 Å². The van der Waals surface area contributed by atoms with Crippen molar-refractivity contribution < 1.29 is 5.11 Å². The van der Waals surface area contributed by atoms with E-state index in [-0.39, 0.29) is 5.69 Å². The van der Waals surface area contributed by atoms with E-state index in [1.807, 2.05) is 44.6 Å². The van der Waals surface area contributed by atoms with Gasteiger partial charge in [-0.25, -0.2) is 4.79 Å². The zero-order valence-corrected chi connectivity index (χ0v) is 19.5. The lowest BCUT2D eigenvalue weighted by atomic mass is 9.91. The van der Waals surface area contributed by atoms with Crippen molar-refractivity contribution in [1.82, 2.24) is 28.9 Å². The molecule has 1 aliphatic carbocycles. The van der Waals surface area contributed by atoms with Crippen molar-refractivity contribution in [3.05, 3.63) is 70.8 Å². The first-order chi connectivity index (χ1) is 16.4. The van der Waals surface area contributed by atoms with Crippen molar-refractivity contribution in [1.29, 1.82) is 0 Å². The SMILES string of the molecule is Cc1nn(C)cc1-n1c(=O)n(C)c2cnc3ccc(-c4cncc(C5(O)CCCC5)c4)cc3c21. The summed E-state index contributed by atoms with van der Waals surface area (Å²) in [6.45, 7) is 1.90. The van der Waals surface area contributed by atoms with Crippen LogP contribution in [0.25, 0.3) is 38.8 Å². The average molecular weight is 455 g/mol. The second-order valence-corrected chi connectivity index (χ2v) is 9.38. The molecule has 4 aromatic heterocycles. The Bertz CT molecular complexity index is 1630. The van der Waals surface area contributed by atoms with E-state index >= 15 is 0 Å². The van der Waals surface area contributed by atoms with Crippen LogP contribution >= 0.6 is 0 Å². The second-order valence-electron chi connectivity index (χ2n) is 9.38. The summed E-state index contributed by atoms with van der Waals surface area (Å²) in [6.07, 6.45) is 10.8. The monoisotopic (exact) mass is 454 g/mol. The van der Waals surface area contributed by atoms with E-state index in [4.69, 9.17) is 0 Å². The van der Waals surface area contributed by atoms with E-state index in [1.54, 1.807) is 33.3 Å². The summed E-state index contributed by atoms with van der Waals surface area (Å²) in [6, 6.07) is 8.09. The molecule has 34 heavy (non-hydrogen) atoms. The predicted molar refractivity (Wildman–Crippen MR) is 131 cm³/mol. The van der Waals surface area contributed by atoms with Gasteiger partial charge in [0, 0.05) is 49.2 Å². The van der Waals surface area contributed by atoms with Crippen molar-refractivity contribution in [3.63, 3.8) is 0 Å². The largest absolute Gasteiger partial charge is 0.385 e. The third kappa shape index (κ3) is 3.02. The van der Waals surface area contributed by atoms with Gasteiger partial charge in [0.2, 0.25) is 0 Å². The van der Waals surface area contributed by atoms with Crippen LogP contribution in [-0.4, -0.2) is 34.0 Å². The molecule has 1 N–H and O–H groups in total. The van der Waals surface area contributed by atoms with Crippen LogP contribution in [0.5, 0.6) is 0 Å². The summed E-state index contributed by atoms with van der Waals surface area (Å²) in [5.41, 5.74) is 5.70. The molecule has 1 saturated carbocycles. The number of imidazole rings is 1. The van der Waals surface area contributed by atoms with Crippen molar-refractivity contribution in [2.75, 3.05) is 0 Å². The molecule has 0 amide bonds. The highest BCUT2D eigenvalue weighted by Gasteiger charge is 2.33. The minimum atomic E-state index is -0.799. The number of hydrogen-bond acceptors (Lipinski definition) is 5. The molecule has 0 aliphatic heterocycles. The van der Waals surface area contributed by atoms with Crippen molar-refractivity contribution in [2.45, 2.75) is 38.2 Å². The Morgan fingerprint density at radius 1 is 1.03 bits per heavy atom. The van der Waals surface area contributed by atoms with Crippen LogP contribution in [-0.2, 0) is 19.7 Å². The first-order valence-electron chi connectivity index (χ1n) is 11.5. The van der Waals surface area contributed by atoms with E-state index < -0.39 is 5.60 Å². The molecule has 0 atom stereocenters. The molecule has 5 aromatic rings. The third-order valence-electron chi connectivity index (χ3n) is 7.15. The van der Waals surface area contributed by atoms with Crippen LogP contribution in [0, 0.1) is 6.92 Å². The van der Waals surface area contributed by atoms with E-state index in [0.717, 1.165) is 75.7 Å². The van der Waals surface area contributed by atoms with Crippen LogP contribution < -0.4 is 5.69 Å². The number of rotatable bonds is 3. The lowest BCUT2D eigenvalue weighted by Crippen LogP contribution is -2.21. The molecule has 0 bridgehead atoms. The number of aliphatic hydroxyl groups is 1. The van der Waals surface area contributed by atoms with Gasteiger partial charge in [-0.2, -0.15) is 5.10 Å². The Morgan fingerprint density at radius 3 is 2.56 bits per heavy atom. The summed E-state index contributed by atoms with van der Waals surface area (Å²) in [4.78, 5) is 22.4. The summed E-state index contributed by atoms with van der Waals surface area (Å²) in [7, 11) is 3.61. The number of fused-ring (bicyclic) bond motifs is 3. The molecular weight excluding hydrogens is 428 g/mol. The summed E-state index contributed by atoms with van der Waals surface area (Å²) >= 11 is 0.